The van der Waals surface area contributed by atoms with Gasteiger partial charge in [0.1, 0.15) is 6.61 Å². The number of nitrogens with zero attached hydrogens (tertiary/aromatic N) is 1. The minimum atomic E-state index is -0.517. The van der Waals surface area contributed by atoms with Crippen molar-refractivity contribution in [2.75, 3.05) is 7.11 Å². The Morgan fingerprint density at radius 1 is 1.14 bits per heavy atom. The zero-order chi connectivity index (χ0) is 15.1. The van der Waals surface area contributed by atoms with Crippen molar-refractivity contribution in [1.82, 2.24) is 0 Å². The first kappa shape index (κ1) is 14.6. The Morgan fingerprint density at radius 2 is 1.90 bits per heavy atom. The van der Waals surface area contributed by atoms with Crippen LogP contribution in [0.1, 0.15) is 11.1 Å². The predicted octanol–water partition coefficient (Wildman–Crippen LogP) is 3.52. The highest BCUT2D eigenvalue weighted by Crippen LogP contribution is 2.32. The zero-order valence-corrected chi connectivity index (χ0v) is 11.6. The van der Waals surface area contributed by atoms with Gasteiger partial charge < -0.3 is 9.47 Å². The average molecular weight is 285 g/mol. The molecule has 2 aromatic rings. The number of para-hydroxylation sites is 1. The summed E-state index contributed by atoms with van der Waals surface area (Å²) >= 11 is 0. The van der Waals surface area contributed by atoms with E-state index in [0.717, 1.165) is 11.8 Å². The second-order valence-corrected chi connectivity index (χ2v) is 4.25. The lowest BCUT2D eigenvalue weighted by Gasteiger charge is -2.12. The van der Waals surface area contributed by atoms with Gasteiger partial charge in [-0.1, -0.05) is 42.5 Å². The largest absolute Gasteiger partial charge is 0.492 e. The molecule has 0 spiro atoms. The van der Waals surface area contributed by atoms with Gasteiger partial charge in [0, 0.05) is 11.6 Å². The third-order valence-corrected chi connectivity index (χ3v) is 2.83. The summed E-state index contributed by atoms with van der Waals surface area (Å²) in [6.45, 7) is 0.402. The molecule has 0 N–H and O–H groups in total. The Balaban J connectivity index is 2.19. The van der Waals surface area contributed by atoms with Crippen LogP contribution < -0.4 is 9.47 Å². The molecule has 5 heteroatoms. The third-order valence-electron chi connectivity index (χ3n) is 2.83. The molecule has 21 heavy (non-hydrogen) atoms. The molecule has 0 bridgehead atoms. The van der Waals surface area contributed by atoms with E-state index < -0.39 is 4.92 Å². The fraction of sp³-hybridized carbons (Fsp3) is 0.125. The number of rotatable bonds is 6. The molecule has 0 atom stereocenters. The second-order valence-electron chi connectivity index (χ2n) is 4.25. The van der Waals surface area contributed by atoms with E-state index in [0.29, 0.717) is 23.7 Å². The van der Waals surface area contributed by atoms with E-state index in [-0.39, 0.29) is 0 Å². The van der Waals surface area contributed by atoms with Gasteiger partial charge in [0.15, 0.2) is 11.5 Å². The van der Waals surface area contributed by atoms with Gasteiger partial charge in [-0.3, -0.25) is 10.1 Å². The smallest absolute Gasteiger partial charge is 0.235 e. The number of ether oxygens (including phenoxy) is 2. The molecule has 0 saturated heterocycles. The number of methoxy groups -OCH3 is 1. The Kier molecular flexibility index (Phi) is 4.93. The topological polar surface area (TPSA) is 61.6 Å². The Hall–Kier alpha value is -2.82. The van der Waals surface area contributed by atoms with E-state index in [1.54, 1.807) is 18.2 Å². The van der Waals surface area contributed by atoms with Crippen LogP contribution in [-0.4, -0.2) is 12.0 Å². The standard InChI is InChI=1S/C16H15NO4/c1-20-16-14(10-11-17(18)19)8-5-9-15(16)21-12-13-6-3-2-4-7-13/h2-11H,12H2,1H3. The maximum Gasteiger partial charge on any atom is 0.235 e. The van der Waals surface area contributed by atoms with Crippen LogP contribution in [0.2, 0.25) is 0 Å². The van der Waals surface area contributed by atoms with Crippen molar-refractivity contribution in [3.05, 3.63) is 76.0 Å². The highest BCUT2D eigenvalue weighted by molar-refractivity contribution is 5.61. The van der Waals surface area contributed by atoms with Gasteiger partial charge in [0.05, 0.1) is 12.0 Å². The van der Waals surface area contributed by atoms with Crippen LogP contribution >= 0.6 is 0 Å². The summed E-state index contributed by atoms with van der Waals surface area (Å²) in [5.74, 6) is 1.03. The Morgan fingerprint density at radius 3 is 2.57 bits per heavy atom. The van der Waals surface area contributed by atoms with E-state index in [1.165, 1.54) is 13.2 Å². The van der Waals surface area contributed by atoms with Gasteiger partial charge in [-0.25, -0.2) is 0 Å². The maximum atomic E-state index is 10.4. The fourth-order valence-electron chi connectivity index (χ4n) is 1.87. The molecule has 0 unspecified atom stereocenters. The summed E-state index contributed by atoms with van der Waals surface area (Å²) in [5, 5.41) is 10.4. The van der Waals surface area contributed by atoms with Gasteiger partial charge in [0.25, 0.3) is 0 Å². The first-order valence-corrected chi connectivity index (χ1v) is 6.36. The zero-order valence-electron chi connectivity index (χ0n) is 11.6. The number of hydrogen-bond acceptors (Lipinski definition) is 4. The van der Waals surface area contributed by atoms with Gasteiger partial charge >= 0.3 is 0 Å². The fourth-order valence-corrected chi connectivity index (χ4v) is 1.87. The van der Waals surface area contributed by atoms with Crippen molar-refractivity contribution in [1.29, 1.82) is 0 Å². The molecule has 0 aliphatic carbocycles. The molecule has 2 aromatic carbocycles. The van der Waals surface area contributed by atoms with Crippen molar-refractivity contribution < 1.29 is 14.4 Å². The molecular weight excluding hydrogens is 270 g/mol. The molecule has 0 radical (unpaired) electrons. The lowest BCUT2D eigenvalue weighted by atomic mass is 10.2. The highest BCUT2D eigenvalue weighted by Gasteiger charge is 2.09. The van der Waals surface area contributed by atoms with Crippen molar-refractivity contribution in [3.63, 3.8) is 0 Å². The Labute approximate surface area is 122 Å². The molecular formula is C16H15NO4. The summed E-state index contributed by atoms with van der Waals surface area (Å²) in [4.78, 5) is 9.90. The molecule has 0 heterocycles. The average Bonchev–Trinajstić information content (AvgIpc) is 2.51. The normalized spacial score (nSPS) is 10.5. The molecule has 5 nitrogen and oxygen atoms in total. The van der Waals surface area contributed by atoms with Crippen LogP contribution in [-0.2, 0) is 6.61 Å². The summed E-state index contributed by atoms with van der Waals surface area (Å²) in [7, 11) is 1.51. The van der Waals surface area contributed by atoms with Gasteiger partial charge in [-0.05, 0) is 11.6 Å². The Bertz CT molecular complexity index is 638. The van der Waals surface area contributed by atoms with Crippen LogP contribution in [0.4, 0.5) is 0 Å². The van der Waals surface area contributed by atoms with Crippen molar-refractivity contribution in [2.24, 2.45) is 0 Å². The third kappa shape index (κ3) is 4.07. The van der Waals surface area contributed by atoms with Gasteiger partial charge in [0.2, 0.25) is 6.20 Å². The molecule has 0 fully saturated rings. The lowest BCUT2D eigenvalue weighted by Crippen LogP contribution is -1.98. The van der Waals surface area contributed by atoms with E-state index in [4.69, 9.17) is 9.47 Å². The molecule has 0 aliphatic rings. The van der Waals surface area contributed by atoms with Crippen molar-refractivity contribution in [2.45, 2.75) is 6.61 Å². The first-order chi connectivity index (χ1) is 10.2. The van der Waals surface area contributed by atoms with Crippen LogP contribution in [0.5, 0.6) is 11.5 Å². The first-order valence-electron chi connectivity index (χ1n) is 6.36. The quantitative estimate of drug-likeness (QED) is 0.601. The van der Waals surface area contributed by atoms with Gasteiger partial charge in [-0.15, -0.1) is 0 Å². The number of nitro groups is 1. The van der Waals surface area contributed by atoms with Crippen molar-refractivity contribution >= 4 is 6.08 Å². The van der Waals surface area contributed by atoms with Crippen LogP contribution in [0.15, 0.2) is 54.7 Å². The van der Waals surface area contributed by atoms with E-state index >= 15 is 0 Å². The number of benzene rings is 2. The molecule has 108 valence electrons. The highest BCUT2D eigenvalue weighted by atomic mass is 16.6. The lowest BCUT2D eigenvalue weighted by molar-refractivity contribution is -0.400. The van der Waals surface area contributed by atoms with Gasteiger partial charge in [-0.2, -0.15) is 0 Å². The second kappa shape index (κ2) is 7.09. The summed E-state index contributed by atoms with van der Waals surface area (Å²) in [5.41, 5.74) is 1.63. The molecule has 0 aromatic heterocycles. The molecule has 0 aliphatic heterocycles. The SMILES string of the molecule is COc1c(C=C[N+](=O)[O-])cccc1OCc1ccccc1. The number of hydrogen-bond donors (Lipinski definition) is 0. The summed E-state index contributed by atoms with van der Waals surface area (Å²) in [6.07, 6.45) is 2.26. The van der Waals surface area contributed by atoms with Crippen molar-refractivity contribution in [3.8, 4) is 11.5 Å². The predicted molar refractivity (Wildman–Crippen MR) is 79.8 cm³/mol. The minimum absolute atomic E-state index is 0.402. The monoisotopic (exact) mass is 285 g/mol. The van der Waals surface area contributed by atoms with Crippen LogP contribution in [0.25, 0.3) is 6.08 Å². The van der Waals surface area contributed by atoms with Crippen LogP contribution in [0.3, 0.4) is 0 Å². The van der Waals surface area contributed by atoms with E-state index in [2.05, 4.69) is 0 Å². The van der Waals surface area contributed by atoms with E-state index in [9.17, 15) is 10.1 Å². The van der Waals surface area contributed by atoms with E-state index in [1.807, 2.05) is 30.3 Å². The molecule has 0 saturated carbocycles. The van der Waals surface area contributed by atoms with Crippen LogP contribution in [0, 0.1) is 10.1 Å². The maximum absolute atomic E-state index is 10.4. The summed E-state index contributed by atoms with van der Waals surface area (Å²) in [6, 6.07) is 15.0. The molecule has 0 amide bonds. The molecule has 2 rings (SSSR count). The summed E-state index contributed by atoms with van der Waals surface area (Å²) < 4.78 is 11.0. The minimum Gasteiger partial charge on any atom is -0.492 e.